The molecule has 3 aliphatic heterocycles. The number of ether oxygens (including phenoxy) is 4. The van der Waals surface area contributed by atoms with E-state index in [9.17, 15) is 38.4 Å². The van der Waals surface area contributed by atoms with Crippen LogP contribution in [0.1, 0.15) is 30.4 Å². The molecule has 3 heterocycles. The molecule has 1 aromatic rings. The van der Waals surface area contributed by atoms with Crippen molar-refractivity contribution in [2.75, 3.05) is 20.7 Å². The molecule has 228 valence electrons. The molecule has 0 amide bonds. The Bertz CT molecular complexity index is 1200. The average Bonchev–Trinajstić information content (AvgIpc) is 3.26. The third-order valence-corrected chi connectivity index (χ3v) is 9.11. The minimum atomic E-state index is -5.08. The zero-order chi connectivity index (χ0) is 30.0. The fraction of sp³-hybridized carbons (Fsp3) is 0.692. The zero-order valence-electron chi connectivity index (χ0n) is 22.2. The van der Waals surface area contributed by atoms with E-state index in [1.807, 2.05) is 6.07 Å². The molecule has 1 saturated carbocycles. The first-order chi connectivity index (χ1) is 19.2. The highest BCUT2D eigenvalue weighted by atomic mass is 19.4. The molecule has 0 unspecified atom stereocenters. The van der Waals surface area contributed by atoms with Crippen molar-refractivity contribution in [2.45, 2.75) is 86.2 Å². The summed E-state index contributed by atoms with van der Waals surface area (Å²) in [7, 11) is 3.79. The van der Waals surface area contributed by atoms with Gasteiger partial charge in [0, 0.05) is 17.0 Å². The third-order valence-electron chi connectivity index (χ3n) is 9.11. The van der Waals surface area contributed by atoms with Crippen LogP contribution in [0, 0.1) is 5.92 Å². The van der Waals surface area contributed by atoms with Crippen molar-refractivity contribution in [3.8, 4) is 11.5 Å². The molecule has 2 bridgehead atoms. The van der Waals surface area contributed by atoms with Gasteiger partial charge >= 0.3 is 18.1 Å². The fourth-order valence-electron chi connectivity index (χ4n) is 7.32. The molecular formula is C26H32F3NO11. The Morgan fingerprint density at radius 1 is 1.10 bits per heavy atom. The number of halogens is 3. The van der Waals surface area contributed by atoms with Crippen LogP contribution in [0.25, 0.3) is 0 Å². The maximum Gasteiger partial charge on any atom is 0.490 e. The van der Waals surface area contributed by atoms with Crippen LogP contribution in [0.5, 0.6) is 11.5 Å². The standard InChI is InChI=1S/C24H31NO9.C2HF3O2/c1-25-8-7-24-11-4-6-14(32-23-18(28)16(26)17(27)20(34-23)22(29)30)21(24)33-19-13(31-2)5-3-10(15(19)24)9-12(11)25;3-2(4,5)1(6)7/h3,5,11-12,14,16-18,20-21,23,26-28H,4,6-9H2,1-2H3,(H,29,30);(H,6,7)/t11-,12+,14-,16-,17-,18+,20-,21-,23+,24-;/m0./s1. The fourth-order valence-corrected chi connectivity index (χ4v) is 7.32. The van der Waals surface area contributed by atoms with Crippen molar-refractivity contribution in [3.05, 3.63) is 23.3 Å². The lowest BCUT2D eigenvalue weighted by Gasteiger charge is -2.59. The van der Waals surface area contributed by atoms with Crippen molar-refractivity contribution in [3.63, 3.8) is 0 Å². The van der Waals surface area contributed by atoms with E-state index in [4.69, 9.17) is 28.8 Å². The van der Waals surface area contributed by atoms with Crippen LogP contribution < -0.4 is 9.47 Å². The van der Waals surface area contributed by atoms with E-state index >= 15 is 0 Å². The molecule has 41 heavy (non-hydrogen) atoms. The number of carbonyl (C=O) groups is 2. The van der Waals surface area contributed by atoms with Gasteiger partial charge in [-0.15, -0.1) is 0 Å². The molecule has 0 aromatic heterocycles. The predicted octanol–water partition coefficient (Wildman–Crippen LogP) is 0.275. The summed E-state index contributed by atoms with van der Waals surface area (Å²) in [5, 5.41) is 47.3. The number of piperidine rings is 1. The molecule has 0 radical (unpaired) electrons. The zero-order valence-corrected chi connectivity index (χ0v) is 22.2. The van der Waals surface area contributed by atoms with Gasteiger partial charge in [0.2, 0.25) is 0 Å². The van der Waals surface area contributed by atoms with Crippen LogP contribution in [-0.4, -0.2) is 118 Å². The van der Waals surface area contributed by atoms with E-state index in [1.54, 1.807) is 7.11 Å². The summed E-state index contributed by atoms with van der Waals surface area (Å²) in [6, 6.07) is 4.45. The quantitative estimate of drug-likeness (QED) is 0.324. The summed E-state index contributed by atoms with van der Waals surface area (Å²) in [5.74, 6) is -2.40. The summed E-state index contributed by atoms with van der Waals surface area (Å²) < 4.78 is 55.6. The molecule has 1 spiro atoms. The minimum absolute atomic E-state index is 0.276. The molecule has 2 saturated heterocycles. The van der Waals surface area contributed by atoms with Crippen LogP contribution in [0.4, 0.5) is 13.2 Å². The number of likely N-dealkylation sites (tertiary alicyclic amines) is 1. The average molecular weight is 592 g/mol. The first kappa shape index (κ1) is 29.8. The van der Waals surface area contributed by atoms with Gasteiger partial charge in [-0.25, -0.2) is 9.59 Å². The molecule has 2 aliphatic carbocycles. The topological polar surface area (TPSA) is 175 Å². The summed E-state index contributed by atoms with van der Waals surface area (Å²) >= 11 is 0. The highest BCUT2D eigenvalue weighted by Crippen LogP contribution is 2.64. The molecule has 5 N–H and O–H groups in total. The van der Waals surface area contributed by atoms with Crippen LogP contribution in [-0.2, 0) is 30.9 Å². The number of rotatable bonds is 4. The minimum Gasteiger partial charge on any atom is -0.493 e. The maximum atomic E-state index is 11.5. The van der Waals surface area contributed by atoms with Gasteiger partial charge in [0.25, 0.3) is 0 Å². The van der Waals surface area contributed by atoms with E-state index < -0.39 is 54.9 Å². The number of likely N-dealkylation sites (N-methyl/N-ethyl adjacent to an activating group) is 1. The number of aliphatic hydroxyl groups is 3. The smallest absolute Gasteiger partial charge is 0.490 e. The van der Waals surface area contributed by atoms with Crippen molar-refractivity contribution >= 4 is 11.9 Å². The Labute approximate surface area is 232 Å². The predicted molar refractivity (Wildman–Crippen MR) is 129 cm³/mol. The Kier molecular flexibility index (Phi) is 7.66. The van der Waals surface area contributed by atoms with Gasteiger partial charge in [0.05, 0.1) is 13.2 Å². The number of aliphatic hydroxyl groups excluding tert-OH is 3. The second-order valence-electron chi connectivity index (χ2n) is 11.1. The number of alkyl halides is 3. The van der Waals surface area contributed by atoms with Crippen LogP contribution in [0.2, 0.25) is 0 Å². The van der Waals surface area contributed by atoms with Crippen LogP contribution in [0.15, 0.2) is 12.1 Å². The summed E-state index contributed by atoms with van der Waals surface area (Å²) in [4.78, 5) is 22.9. The Morgan fingerprint density at radius 2 is 1.78 bits per heavy atom. The monoisotopic (exact) mass is 591 g/mol. The van der Waals surface area contributed by atoms with Gasteiger partial charge in [0.15, 0.2) is 23.9 Å². The normalized spacial score (nSPS) is 39.1. The first-order valence-corrected chi connectivity index (χ1v) is 13.2. The van der Waals surface area contributed by atoms with E-state index in [0.29, 0.717) is 24.1 Å². The van der Waals surface area contributed by atoms with Gasteiger partial charge in [-0.3, -0.25) is 0 Å². The summed E-state index contributed by atoms with van der Waals surface area (Å²) in [6.07, 6.45) is -10.8. The van der Waals surface area contributed by atoms with Crippen molar-refractivity contribution < 1.29 is 67.2 Å². The molecular weight excluding hydrogens is 559 g/mol. The highest BCUT2D eigenvalue weighted by molar-refractivity contribution is 5.73. The summed E-state index contributed by atoms with van der Waals surface area (Å²) in [6.45, 7) is 0.915. The lowest BCUT2D eigenvalue weighted by molar-refractivity contribution is -0.315. The molecule has 3 fully saturated rings. The molecule has 12 nitrogen and oxygen atoms in total. The van der Waals surface area contributed by atoms with Gasteiger partial charge in [-0.1, -0.05) is 6.07 Å². The van der Waals surface area contributed by atoms with Crippen LogP contribution >= 0.6 is 0 Å². The molecule has 5 aliphatic rings. The molecule has 10 atom stereocenters. The largest absolute Gasteiger partial charge is 0.493 e. The van der Waals surface area contributed by atoms with Crippen molar-refractivity contribution in [1.82, 2.24) is 4.90 Å². The number of benzene rings is 1. The van der Waals surface area contributed by atoms with E-state index in [1.165, 1.54) is 11.1 Å². The Hall–Kier alpha value is -2.69. The number of carboxylic acids is 2. The van der Waals surface area contributed by atoms with Crippen LogP contribution in [0.3, 0.4) is 0 Å². The van der Waals surface area contributed by atoms with Gasteiger partial charge in [0.1, 0.15) is 24.4 Å². The highest BCUT2D eigenvalue weighted by Gasteiger charge is 2.66. The number of aliphatic carboxylic acids is 2. The second-order valence-corrected chi connectivity index (χ2v) is 11.1. The number of methoxy groups -OCH3 is 1. The maximum absolute atomic E-state index is 11.5. The molecule has 1 aromatic carbocycles. The van der Waals surface area contributed by atoms with Gasteiger partial charge in [-0.05, 0) is 56.8 Å². The SMILES string of the molecule is COc1ccc2c3c1O[C@H]1[C@@H](O[C@@H]4O[C@H](C(=O)O)[C@@H](O)[C@H](O)[C@H]4O)CC[C@H]4[C@@H](C2)N(C)CC[C@@]341.O=C(O)C(F)(F)F. The van der Waals surface area contributed by atoms with Crippen molar-refractivity contribution in [2.24, 2.45) is 5.92 Å². The van der Waals surface area contributed by atoms with E-state index in [-0.39, 0.29) is 11.5 Å². The lowest BCUT2D eigenvalue weighted by atomic mass is 9.51. The van der Waals surface area contributed by atoms with E-state index in [0.717, 1.165) is 31.6 Å². The van der Waals surface area contributed by atoms with Gasteiger partial charge in [-0.2, -0.15) is 13.2 Å². The van der Waals surface area contributed by atoms with E-state index in [2.05, 4.69) is 18.0 Å². The first-order valence-electron chi connectivity index (χ1n) is 13.2. The third kappa shape index (κ3) is 4.72. The number of nitrogens with zero attached hydrogens (tertiary/aromatic N) is 1. The Morgan fingerprint density at radius 3 is 2.39 bits per heavy atom. The number of carboxylic acid groups (broad SMARTS) is 2. The number of hydrogen-bond acceptors (Lipinski definition) is 10. The Balaban J connectivity index is 0.000000431. The second kappa shape index (κ2) is 10.5. The van der Waals surface area contributed by atoms with Crippen molar-refractivity contribution in [1.29, 1.82) is 0 Å². The summed E-state index contributed by atoms with van der Waals surface area (Å²) in [5.41, 5.74) is 2.18. The lowest BCUT2D eigenvalue weighted by Crippen LogP contribution is -2.67. The molecule has 6 rings (SSSR count). The van der Waals surface area contributed by atoms with Gasteiger partial charge < -0.3 is 49.4 Å². The molecule has 15 heteroatoms. The number of hydrogen-bond donors (Lipinski definition) is 5.